The molecule has 314 valence electrons. The van der Waals surface area contributed by atoms with Crippen molar-refractivity contribution in [3.05, 3.63) is 234 Å². The maximum atomic E-state index is 7.28. The molecule has 2 aliphatic rings. The predicted octanol–water partition coefficient (Wildman–Crippen LogP) is 16.8. The zero-order valence-electron chi connectivity index (χ0n) is 36.7. The number of furan rings is 3. The quantitative estimate of drug-likeness (QED) is 0.177. The number of pyridine rings is 1. The van der Waals surface area contributed by atoms with Crippen molar-refractivity contribution in [2.24, 2.45) is 0 Å². The van der Waals surface area contributed by atoms with E-state index in [0.717, 1.165) is 82.5 Å². The molecule has 13 aromatic rings. The number of hydrogen-bond acceptors (Lipinski definition) is 4. The van der Waals surface area contributed by atoms with E-state index >= 15 is 0 Å². The molecule has 0 atom stereocenters. The van der Waals surface area contributed by atoms with Crippen LogP contribution in [-0.4, -0.2) is 4.98 Å². The molecule has 0 radical (unpaired) electrons. The van der Waals surface area contributed by atoms with Crippen LogP contribution in [0, 0.1) is 0 Å². The summed E-state index contributed by atoms with van der Waals surface area (Å²) in [6.07, 6.45) is 1.84. The summed E-state index contributed by atoms with van der Waals surface area (Å²) in [5.41, 5.74) is 20.6. The molecular weight excluding hydrogens is 819 g/mol. The average molecular weight is 858 g/mol. The molecule has 4 aromatic heterocycles. The first-order valence-electron chi connectivity index (χ1n) is 23.1. The van der Waals surface area contributed by atoms with E-state index in [1.54, 1.807) is 0 Å². The molecule has 4 heteroatoms. The summed E-state index contributed by atoms with van der Waals surface area (Å²) in [6.45, 7) is 4.82. The Morgan fingerprint density at radius 3 is 1.60 bits per heavy atom. The van der Waals surface area contributed by atoms with E-state index in [1.807, 2.05) is 30.5 Å². The maximum Gasteiger partial charge on any atom is 0.227 e. The second-order valence-electron chi connectivity index (χ2n) is 18.9. The average Bonchev–Trinajstić information content (AvgIpc) is 4.17. The van der Waals surface area contributed by atoms with Crippen LogP contribution < -0.4 is 0 Å². The lowest BCUT2D eigenvalue weighted by Crippen LogP contribution is -2.29. The highest BCUT2D eigenvalue weighted by Gasteiger charge is 2.53. The van der Waals surface area contributed by atoms with Gasteiger partial charge >= 0.3 is 0 Å². The van der Waals surface area contributed by atoms with Crippen molar-refractivity contribution in [2.45, 2.75) is 24.7 Å². The minimum absolute atomic E-state index is 0.387. The third-order valence-corrected chi connectivity index (χ3v) is 15.2. The Kier molecular flexibility index (Phi) is 7.19. The van der Waals surface area contributed by atoms with Crippen molar-refractivity contribution in [1.29, 1.82) is 0 Å². The summed E-state index contributed by atoms with van der Waals surface area (Å²) in [7, 11) is 0. The summed E-state index contributed by atoms with van der Waals surface area (Å²) < 4.78 is 20.1. The molecule has 0 fully saturated rings. The lowest BCUT2D eigenvalue weighted by atomic mass is 9.66. The molecule has 4 heterocycles. The molecule has 0 spiro atoms. The van der Waals surface area contributed by atoms with Gasteiger partial charge in [0.05, 0.1) is 5.41 Å². The fourth-order valence-corrected chi connectivity index (χ4v) is 12.4. The molecule has 0 saturated heterocycles. The highest BCUT2D eigenvalue weighted by atomic mass is 16.3. The van der Waals surface area contributed by atoms with E-state index < -0.39 is 5.41 Å². The minimum atomic E-state index is -0.768. The standard InChI is InChI=1S/C63H39NO3/c1-62(2)48-24-12-9-22-42(48)55-44(36-27-29-53-46(32-36)40-20-10-13-25-51(40)65-53)34-49-57(59(55)62)58-50(63(49,38-16-5-3-6-17-38)39-18-7-4-8-19-39)35-45(56-43-23-15-31-64-61(43)67-60(56)58)37-28-30-54-47(33-37)41-21-11-14-26-52(41)66-54/h3-35H,1-2H3. The van der Waals surface area contributed by atoms with Gasteiger partial charge in [-0.15, -0.1) is 0 Å². The first-order chi connectivity index (χ1) is 33.0. The van der Waals surface area contributed by atoms with E-state index in [1.165, 1.54) is 55.6 Å². The van der Waals surface area contributed by atoms with Crippen LogP contribution in [-0.2, 0) is 10.8 Å². The molecule has 0 bridgehead atoms. The molecule has 0 aliphatic heterocycles. The van der Waals surface area contributed by atoms with Crippen molar-refractivity contribution < 1.29 is 13.3 Å². The SMILES string of the molecule is CC1(C)c2ccccc2-c2c(-c3ccc4oc5ccccc5c4c3)cc3c(c21)-c1c(cc(-c2ccc4oc5ccccc5c4c2)c2c1oc1ncccc12)C3(c1ccccc1)c1ccccc1. The van der Waals surface area contributed by atoms with Gasteiger partial charge in [-0.25, -0.2) is 4.98 Å². The van der Waals surface area contributed by atoms with Crippen molar-refractivity contribution in [1.82, 2.24) is 4.98 Å². The fourth-order valence-electron chi connectivity index (χ4n) is 12.4. The lowest BCUT2D eigenvalue weighted by molar-refractivity contribution is 0.652. The maximum absolute atomic E-state index is 7.28. The van der Waals surface area contributed by atoms with Gasteiger partial charge in [0.1, 0.15) is 27.9 Å². The number of aromatic nitrogens is 1. The molecule has 0 saturated carbocycles. The highest BCUT2D eigenvalue weighted by Crippen LogP contribution is 2.66. The second-order valence-corrected chi connectivity index (χ2v) is 18.9. The Balaban J connectivity index is 1.15. The van der Waals surface area contributed by atoms with E-state index in [0.29, 0.717) is 5.71 Å². The van der Waals surface area contributed by atoms with E-state index in [2.05, 4.69) is 184 Å². The van der Waals surface area contributed by atoms with Crippen molar-refractivity contribution >= 4 is 65.9 Å². The van der Waals surface area contributed by atoms with Crippen LogP contribution in [0.5, 0.6) is 0 Å². The molecular formula is C63H39NO3. The molecule has 4 nitrogen and oxygen atoms in total. The molecule has 67 heavy (non-hydrogen) atoms. The van der Waals surface area contributed by atoms with Crippen LogP contribution >= 0.6 is 0 Å². The number of fused-ring (bicyclic) bond motifs is 17. The van der Waals surface area contributed by atoms with Gasteiger partial charge in [0.2, 0.25) is 5.71 Å². The van der Waals surface area contributed by atoms with Crippen molar-refractivity contribution in [3.8, 4) is 44.5 Å². The summed E-state index contributed by atoms with van der Waals surface area (Å²) in [5, 5.41) is 6.44. The molecule has 0 unspecified atom stereocenters. The number of rotatable bonds is 4. The summed E-state index contributed by atoms with van der Waals surface area (Å²) in [5.74, 6) is 0. The van der Waals surface area contributed by atoms with Gasteiger partial charge in [-0.05, 0) is 133 Å². The monoisotopic (exact) mass is 857 g/mol. The van der Waals surface area contributed by atoms with Gasteiger partial charge in [-0.2, -0.15) is 0 Å². The van der Waals surface area contributed by atoms with Gasteiger partial charge in [-0.3, -0.25) is 0 Å². The zero-order valence-corrected chi connectivity index (χ0v) is 36.7. The summed E-state index contributed by atoms with van der Waals surface area (Å²) >= 11 is 0. The Morgan fingerprint density at radius 1 is 0.388 bits per heavy atom. The number of hydrogen-bond donors (Lipinski definition) is 0. The molecule has 9 aromatic carbocycles. The van der Waals surface area contributed by atoms with Crippen LogP contribution in [0.1, 0.15) is 47.2 Å². The second kappa shape index (κ2) is 13.1. The normalized spacial score (nSPS) is 14.4. The molecule has 15 rings (SSSR count). The van der Waals surface area contributed by atoms with Gasteiger partial charge in [0.25, 0.3) is 0 Å². The predicted molar refractivity (Wildman–Crippen MR) is 272 cm³/mol. The molecule has 2 aliphatic carbocycles. The third kappa shape index (κ3) is 4.74. The summed E-state index contributed by atoms with van der Waals surface area (Å²) in [4.78, 5) is 4.91. The van der Waals surface area contributed by atoms with Crippen molar-refractivity contribution in [3.63, 3.8) is 0 Å². The van der Waals surface area contributed by atoms with Crippen LogP contribution in [0.3, 0.4) is 0 Å². The Bertz CT molecular complexity index is 4200. The first-order valence-corrected chi connectivity index (χ1v) is 23.1. The zero-order chi connectivity index (χ0) is 44.2. The highest BCUT2D eigenvalue weighted by molar-refractivity contribution is 6.20. The first kappa shape index (κ1) is 36.8. The Morgan fingerprint density at radius 2 is 0.925 bits per heavy atom. The molecule has 0 N–H and O–H groups in total. The Labute approximate surface area is 385 Å². The molecule has 0 amide bonds. The van der Waals surface area contributed by atoms with Gasteiger partial charge in [0.15, 0.2) is 0 Å². The van der Waals surface area contributed by atoms with E-state index in [4.69, 9.17) is 18.2 Å². The Hall–Kier alpha value is -8.47. The number of nitrogens with zero attached hydrogens (tertiary/aromatic N) is 1. The lowest BCUT2D eigenvalue weighted by Gasteiger charge is -2.35. The minimum Gasteiger partial charge on any atom is -0.456 e. The summed E-state index contributed by atoms with van der Waals surface area (Å²) in [6, 6.07) is 70.6. The smallest absolute Gasteiger partial charge is 0.227 e. The van der Waals surface area contributed by atoms with E-state index in [-0.39, 0.29) is 5.41 Å². The van der Waals surface area contributed by atoms with Gasteiger partial charge < -0.3 is 13.3 Å². The van der Waals surface area contributed by atoms with Crippen molar-refractivity contribution in [2.75, 3.05) is 0 Å². The fraction of sp³-hybridized carbons (Fsp3) is 0.0635. The topological polar surface area (TPSA) is 52.3 Å². The van der Waals surface area contributed by atoms with Crippen LogP contribution in [0.4, 0.5) is 0 Å². The largest absolute Gasteiger partial charge is 0.456 e. The van der Waals surface area contributed by atoms with Crippen LogP contribution in [0.25, 0.3) is 110 Å². The third-order valence-electron chi connectivity index (χ3n) is 15.2. The van der Waals surface area contributed by atoms with Crippen LogP contribution in [0.15, 0.2) is 214 Å². The number of para-hydroxylation sites is 2. The van der Waals surface area contributed by atoms with Crippen LogP contribution in [0.2, 0.25) is 0 Å². The number of benzene rings is 9. The van der Waals surface area contributed by atoms with E-state index in [9.17, 15) is 0 Å². The van der Waals surface area contributed by atoms with Gasteiger partial charge in [0, 0.05) is 49.5 Å². The van der Waals surface area contributed by atoms with Gasteiger partial charge in [-0.1, -0.05) is 147 Å².